The third-order valence-corrected chi connectivity index (χ3v) is 3.87. The van der Waals surface area contributed by atoms with Crippen LogP contribution in [-0.4, -0.2) is 16.6 Å². The molecule has 0 fully saturated rings. The fourth-order valence-electron chi connectivity index (χ4n) is 2.11. The summed E-state index contributed by atoms with van der Waals surface area (Å²) in [5.74, 6) is 0.922. The SMILES string of the molecule is CCCCCCOc1ccc(Br)cc1-c1cc(Cl)nc(N)n1. The average molecular weight is 385 g/mol. The maximum atomic E-state index is 5.97. The molecule has 4 nitrogen and oxygen atoms in total. The van der Waals surface area contributed by atoms with Gasteiger partial charge in [0.25, 0.3) is 0 Å². The molecule has 0 aliphatic rings. The molecule has 0 amide bonds. The number of ether oxygens (including phenoxy) is 1. The highest BCUT2D eigenvalue weighted by Crippen LogP contribution is 2.33. The molecule has 0 saturated carbocycles. The van der Waals surface area contributed by atoms with E-state index in [-0.39, 0.29) is 5.95 Å². The predicted octanol–water partition coefficient (Wildman–Crippen LogP) is 5.10. The third-order valence-electron chi connectivity index (χ3n) is 3.19. The smallest absolute Gasteiger partial charge is 0.221 e. The normalized spacial score (nSPS) is 10.7. The standard InChI is InChI=1S/C16H19BrClN3O/c1-2-3-4-5-8-22-14-7-6-11(17)9-12(14)13-10-15(18)21-16(19)20-13/h6-7,9-10H,2-5,8H2,1H3,(H2,19,20,21). The van der Waals surface area contributed by atoms with Gasteiger partial charge in [-0.15, -0.1) is 0 Å². The Morgan fingerprint density at radius 1 is 1.18 bits per heavy atom. The predicted molar refractivity (Wildman–Crippen MR) is 94.2 cm³/mol. The van der Waals surface area contributed by atoms with Gasteiger partial charge in [-0.2, -0.15) is 0 Å². The average Bonchev–Trinajstić information content (AvgIpc) is 2.47. The van der Waals surface area contributed by atoms with E-state index in [2.05, 4.69) is 32.8 Å². The molecule has 0 spiro atoms. The van der Waals surface area contributed by atoms with Gasteiger partial charge in [0.05, 0.1) is 12.3 Å². The molecule has 1 aromatic heterocycles. The number of aromatic nitrogens is 2. The fraction of sp³-hybridized carbons (Fsp3) is 0.375. The zero-order chi connectivity index (χ0) is 15.9. The van der Waals surface area contributed by atoms with Crippen LogP contribution >= 0.6 is 27.5 Å². The largest absolute Gasteiger partial charge is 0.493 e. The van der Waals surface area contributed by atoms with E-state index >= 15 is 0 Å². The molecule has 22 heavy (non-hydrogen) atoms. The van der Waals surface area contributed by atoms with Crippen molar-refractivity contribution in [2.24, 2.45) is 0 Å². The number of nitrogens with two attached hydrogens (primary N) is 1. The van der Waals surface area contributed by atoms with Gasteiger partial charge >= 0.3 is 0 Å². The summed E-state index contributed by atoms with van der Waals surface area (Å²) in [6, 6.07) is 7.49. The lowest BCUT2D eigenvalue weighted by Gasteiger charge is -2.12. The van der Waals surface area contributed by atoms with Crippen molar-refractivity contribution in [2.75, 3.05) is 12.3 Å². The minimum absolute atomic E-state index is 0.149. The quantitative estimate of drug-likeness (QED) is 0.533. The van der Waals surface area contributed by atoms with E-state index in [4.69, 9.17) is 22.1 Å². The van der Waals surface area contributed by atoms with Gasteiger partial charge in [-0.1, -0.05) is 53.7 Å². The lowest BCUT2D eigenvalue weighted by atomic mass is 10.1. The molecule has 2 rings (SSSR count). The third kappa shape index (κ3) is 4.85. The van der Waals surface area contributed by atoms with Crippen molar-refractivity contribution in [1.82, 2.24) is 9.97 Å². The van der Waals surface area contributed by atoms with Gasteiger partial charge in [0.2, 0.25) is 5.95 Å². The van der Waals surface area contributed by atoms with Crippen molar-refractivity contribution >= 4 is 33.5 Å². The van der Waals surface area contributed by atoms with Gasteiger partial charge in [0, 0.05) is 16.1 Å². The number of hydrogen-bond acceptors (Lipinski definition) is 4. The highest BCUT2D eigenvalue weighted by molar-refractivity contribution is 9.10. The highest BCUT2D eigenvalue weighted by atomic mass is 79.9. The van der Waals surface area contributed by atoms with Crippen molar-refractivity contribution in [3.8, 4) is 17.0 Å². The summed E-state index contributed by atoms with van der Waals surface area (Å²) in [6.45, 7) is 2.87. The summed E-state index contributed by atoms with van der Waals surface area (Å²) in [5, 5.41) is 0.316. The molecule has 118 valence electrons. The molecular formula is C16H19BrClN3O. The molecule has 0 aliphatic carbocycles. The summed E-state index contributed by atoms with van der Waals surface area (Å²) >= 11 is 9.44. The fourth-order valence-corrected chi connectivity index (χ4v) is 2.66. The van der Waals surface area contributed by atoms with Crippen LogP contribution in [0.1, 0.15) is 32.6 Å². The number of rotatable bonds is 7. The Morgan fingerprint density at radius 3 is 2.73 bits per heavy atom. The molecule has 1 heterocycles. The number of unbranched alkanes of at least 4 members (excludes halogenated alkanes) is 3. The first kappa shape index (κ1) is 17.0. The molecule has 0 aliphatic heterocycles. The molecule has 2 aromatic rings. The topological polar surface area (TPSA) is 61.0 Å². The minimum Gasteiger partial charge on any atom is -0.493 e. The van der Waals surface area contributed by atoms with Crippen LogP contribution in [-0.2, 0) is 0 Å². The van der Waals surface area contributed by atoms with E-state index in [0.29, 0.717) is 17.5 Å². The molecule has 0 bridgehead atoms. The van der Waals surface area contributed by atoms with Crippen molar-refractivity contribution in [1.29, 1.82) is 0 Å². The van der Waals surface area contributed by atoms with Crippen molar-refractivity contribution in [3.63, 3.8) is 0 Å². The lowest BCUT2D eigenvalue weighted by molar-refractivity contribution is 0.306. The van der Waals surface area contributed by atoms with E-state index in [1.807, 2.05) is 18.2 Å². The molecule has 0 saturated heterocycles. The monoisotopic (exact) mass is 383 g/mol. The Kier molecular flexibility index (Phi) is 6.46. The lowest BCUT2D eigenvalue weighted by Crippen LogP contribution is -2.01. The number of benzene rings is 1. The van der Waals surface area contributed by atoms with Crippen LogP contribution < -0.4 is 10.5 Å². The second kappa shape index (κ2) is 8.34. The van der Waals surface area contributed by atoms with Crippen molar-refractivity contribution in [3.05, 3.63) is 33.9 Å². The van der Waals surface area contributed by atoms with Crippen LogP contribution in [0.25, 0.3) is 11.3 Å². The van der Waals surface area contributed by atoms with Crippen molar-refractivity contribution in [2.45, 2.75) is 32.6 Å². The van der Waals surface area contributed by atoms with Crippen LogP contribution in [0.4, 0.5) is 5.95 Å². The van der Waals surface area contributed by atoms with Crippen molar-refractivity contribution < 1.29 is 4.74 Å². The van der Waals surface area contributed by atoms with Gasteiger partial charge in [0.15, 0.2) is 0 Å². The molecule has 1 aromatic carbocycles. The van der Waals surface area contributed by atoms with Gasteiger partial charge in [-0.25, -0.2) is 9.97 Å². The second-order valence-corrected chi connectivity index (χ2v) is 6.29. The first-order valence-corrected chi connectivity index (χ1v) is 8.50. The Morgan fingerprint density at radius 2 is 2.00 bits per heavy atom. The molecule has 0 atom stereocenters. The van der Waals surface area contributed by atoms with Crippen LogP contribution in [0.3, 0.4) is 0 Å². The first-order chi connectivity index (χ1) is 10.6. The molecular weight excluding hydrogens is 366 g/mol. The van der Waals surface area contributed by atoms with E-state index in [9.17, 15) is 0 Å². The van der Waals surface area contributed by atoms with Gasteiger partial charge < -0.3 is 10.5 Å². The zero-order valence-electron chi connectivity index (χ0n) is 12.5. The number of nitrogen functional groups attached to an aromatic ring is 1. The highest BCUT2D eigenvalue weighted by Gasteiger charge is 2.11. The minimum atomic E-state index is 0.149. The van der Waals surface area contributed by atoms with E-state index in [1.54, 1.807) is 6.07 Å². The number of halogens is 2. The van der Waals surface area contributed by atoms with Gasteiger partial charge in [-0.3, -0.25) is 0 Å². The first-order valence-electron chi connectivity index (χ1n) is 7.33. The maximum absolute atomic E-state index is 5.97. The summed E-state index contributed by atoms with van der Waals surface area (Å²) in [5.41, 5.74) is 7.18. The number of anilines is 1. The molecule has 0 radical (unpaired) electrons. The van der Waals surface area contributed by atoms with E-state index in [1.165, 1.54) is 19.3 Å². The molecule has 0 unspecified atom stereocenters. The van der Waals surface area contributed by atoms with Crippen LogP contribution in [0.15, 0.2) is 28.7 Å². The Labute approximate surface area is 144 Å². The maximum Gasteiger partial charge on any atom is 0.221 e. The van der Waals surface area contributed by atoms with Crippen LogP contribution in [0.5, 0.6) is 5.75 Å². The van der Waals surface area contributed by atoms with Gasteiger partial charge in [0.1, 0.15) is 10.9 Å². The molecule has 2 N–H and O–H groups in total. The van der Waals surface area contributed by atoms with Gasteiger partial charge in [-0.05, 0) is 24.6 Å². The number of hydrogen-bond donors (Lipinski definition) is 1. The summed E-state index contributed by atoms with van der Waals surface area (Å²) in [6.07, 6.45) is 4.65. The Hall–Kier alpha value is -1.33. The van der Waals surface area contributed by atoms with E-state index in [0.717, 1.165) is 22.2 Å². The summed E-state index contributed by atoms with van der Waals surface area (Å²) < 4.78 is 6.85. The molecule has 6 heteroatoms. The Bertz CT molecular complexity index is 617. The van der Waals surface area contributed by atoms with Crippen LogP contribution in [0.2, 0.25) is 5.15 Å². The second-order valence-electron chi connectivity index (χ2n) is 4.98. The van der Waals surface area contributed by atoms with E-state index < -0.39 is 0 Å². The number of nitrogens with zero attached hydrogens (tertiary/aromatic N) is 2. The summed E-state index contributed by atoms with van der Waals surface area (Å²) in [7, 11) is 0. The summed E-state index contributed by atoms with van der Waals surface area (Å²) in [4.78, 5) is 8.13. The zero-order valence-corrected chi connectivity index (χ0v) is 14.8. The van der Waals surface area contributed by atoms with Crippen LogP contribution in [0, 0.1) is 0 Å². The Balaban J connectivity index is 2.20.